The fraction of sp³-hybridized carbons (Fsp3) is 0.462. The molecule has 0 aliphatic rings. The largest absolute Gasteiger partial charge is 0.496 e. The fourth-order valence-corrected chi connectivity index (χ4v) is 1.78. The van der Waals surface area contributed by atoms with E-state index in [2.05, 4.69) is 0 Å². The third-order valence-corrected chi connectivity index (χ3v) is 2.74. The quantitative estimate of drug-likeness (QED) is 0.761. The van der Waals surface area contributed by atoms with Crippen molar-refractivity contribution in [2.24, 2.45) is 5.73 Å². The van der Waals surface area contributed by atoms with Gasteiger partial charge in [0, 0.05) is 19.1 Å². The highest BCUT2D eigenvalue weighted by Gasteiger charge is 2.17. The molecule has 0 amide bonds. The first-order chi connectivity index (χ1) is 9.03. The first kappa shape index (κ1) is 15.3. The molecule has 0 radical (unpaired) electrons. The second kappa shape index (κ2) is 6.96. The van der Waals surface area contributed by atoms with Gasteiger partial charge in [-0.15, -0.1) is 0 Å². The number of carboxylic acid groups (broad SMARTS) is 1. The maximum absolute atomic E-state index is 10.8. The Labute approximate surface area is 112 Å². The van der Waals surface area contributed by atoms with Crippen LogP contribution >= 0.6 is 0 Å². The predicted molar refractivity (Wildman–Crippen MR) is 69.6 cm³/mol. The lowest BCUT2D eigenvalue weighted by Gasteiger charge is -2.15. The summed E-state index contributed by atoms with van der Waals surface area (Å²) in [6.45, 7) is 0.380. The molecule has 0 aromatic heterocycles. The van der Waals surface area contributed by atoms with Crippen molar-refractivity contribution in [3.63, 3.8) is 0 Å². The molecule has 0 heterocycles. The number of nitrogens with two attached hydrogens (primary N) is 1. The summed E-state index contributed by atoms with van der Waals surface area (Å²) in [4.78, 5) is 10.8. The van der Waals surface area contributed by atoms with E-state index in [9.17, 15) is 4.79 Å². The maximum atomic E-state index is 10.8. The molecular weight excluding hydrogens is 250 g/mol. The average Bonchev–Trinajstić information content (AvgIpc) is 2.39. The molecule has 1 unspecified atom stereocenters. The normalized spacial score (nSPS) is 12.0. The lowest BCUT2D eigenvalue weighted by Crippen LogP contribution is -2.32. The number of rotatable bonds is 7. The van der Waals surface area contributed by atoms with Crippen LogP contribution in [0.15, 0.2) is 12.1 Å². The first-order valence-electron chi connectivity index (χ1n) is 5.74. The number of hydrogen-bond donors (Lipinski definition) is 2. The Morgan fingerprint density at radius 1 is 1.21 bits per heavy atom. The van der Waals surface area contributed by atoms with Crippen LogP contribution in [0, 0.1) is 0 Å². The van der Waals surface area contributed by atoms with Crippen LogP contribution in [0.4, 0.5) is 0 Å². The van der Waals surface area contributed by atoms with E-state index in [1.807, 2.05) is 0 Å². The monoisotopic (exact) mass is 269 g/mol. The van der Waals surface area contributed by atoms with Crippen LogP contribution in [0.2, 0.25) is 0 Å². The van der Waals surface area contributed by atoms with Gasteiger partial charge < -0.3 is 25.1 Å². The SMILES string of the molecule is COCc1cc(OC)c(CC(N)C(=O)O)cc1OC. The molecule has 0 spiro atoms. The van der Waals surface area contributed by atoms with Crippen LogP contribution in [0.1, 0.15) is 11.1 Å². The second-order valence-electron chi connectivity index (χ2n) is 4.06. The van der Waals surface area contributed by atoms with Gasteiger partial charge in [0.05, 0.1) is 20.8 Å². The molecule has 106 valence electrons. The van der Waals surface area contributed by atoms with E-state index in [4.69, 9.17) is 25.1 Å². The van der Waals surface area contributed by atoms with Crippen molar-refractivity contribution in [3.8, 4) is 11.5 Å². The van der Waals surface area contributed by atoms with Crippen molar-refractivity contribution in [2.75, 3.05) is 21.3 Å². The third-order valence-electron chi connectivity index (χ3n) is 2.74. The summed E-state index contributed by atoms with van der Waals surface area (Å²) in [6, 6.07) is 2.52. The molecule has 0 saturated heterocycles. The minimum atomic E-state index is -1.05. The Morgan fingerprint density at radius 2 is 1.74 bits per heavy atom. The molecule has 0 bridgehead atoms. The Balaban J connectivity index is 3.12. The Morgan fingerprint density at radius 3 is 2.21 bits per heavy atom. The van der Waals surface area contributed by atoms with Gasteiger partial charge in [-0.2, -0.15) is 0 Å². The van der Waals surface area contributed by atoms with E-state index in [1.165, 1.54) is 7.11 Å². The second-order valence-corrected chi connectivity index (χ2v) is 4.06. The summed E-state index contributed by atoms with van der Waals surface area (Å²) in [5, 5.41) is 8.86. The smallest absolute Gasteiger partial charge is 0.320 e. The highest BCUT2D eigenvalue weighted by molar-refractivity contribution is 5.73. The van der Waals surface area contributed by atoms with Gasteiger partial charge in [-0.25, -0.2) is 0 Å². The van der Waals surface area contributed by atoms with E-state index >= 15 is 0 Å². The van der Waals surface area contributed by atoms with Crippen LogP contribution in [0.25, 0.3) is 0 Å². The number of hydrogen-bond acceptors (Lipinski definition) is 5. The van der Waals surface area contributed by atoms with E-state index in [1.54, 1.807) is 26.4 Å². The molecule has 0 aliphatic heterocycles. The van der Waals surface area contributed by atoms with Crippen molar-refractivity contribution in [2.45, 2.75) is 19.1 Å². The Kier molecular flexibility index (Phi) is 5.59. The van der Waals surface area contributed by atoms with Gasteiger partial charge in [-0.1, -0.05) is 0 Å². The lowest BCUT2D eigenvalue weighted by atomic mass is 10.0. The fourth-order valence-electron chi connectivity index (χ4n) is 1.78. The molecule has 1 atom stereocenters. The summed E-state index contributed by atoms with van der Waals surface area (Å²) >= 11 is 0. The van der Waals surface area contributed by atoms with Crippen molar-refractivity contribution in [1.82, 2.24) is 0 Å². The van der Waals surface area contributed by atoms with E-state index < -0.39 is 12.0 Å². The summed E-state index contributed by atoms with van der Waals surface area (Å²) in [5.74, 6) is 0.141. The highest BCUT2D eigenvalue weighted by Crippen LogP contribution is 2.30. The standard InChI is InChI=1S/C13H19NO5/c1-17-7-9-6-11(18-2)8(5-12(9)19-3)4-10(14)13(15)16/h5-6,10H,4,7,14H2,1-3H3,(H,15,16). The van der Waals surface area contributed by atoms with E-state index in [0.717, 1.165) is 5.56 Å². The minimum Gasteiger partial charge on any atom is -0.496 e. The van der Waals surface area contributed by atoms with Gasteiger partial charge in [-0.3, -0.25) is 4.79 Å². The predicted octanol–water partition coefficient (Wildman–Crippen LogP) is 0.805. The van der Waals surface area contributed by atoms with Gasteiger partial charge in [0.25, 0.3) is 0 Å². The Hall–Kier alpha value is -1.79. The number of carbonyl (C=O) groups is 1. The third kappa shape index (κ3) is 3.84. The summed E-state index contributed by atoms with van der Waals surface area (Å²) in [6.07, 6.45) is 0.169. The molecular formula is C13H19NO5. The average molecular weight is 269 g/mol. The molecule has 0 aliphatic carbocycles. The van der Waals surface area contributed by atoms with Gasteiger partial charge in [0.2, 0.25) is 0 Å². The van der Waals surface area contributed by atoms with Crippen molar-refractivity contribution < 1.29 is 24.1 Å². The topological polar surface area (TPSA) is 91.0 Å². The molecule has 0 fully saturated rings. The maximum Gasteiger partial charge on any atom is 0.320 e. The van der Waals surface area contributed by atoms with Crippen LogP contribution < -0.4 is 15.2 Å². The first-order valence-corrected chi connectivity index (χ1v) is 5.74. The van der Waals surface area contributed by atoms with Gasteiger partial charge >= 0.3 is 5.97 Å². The van der Waals surface area contributed by atoms with Crippen LogP contribution in [0.3, 0.4) is 0 Å². The number of ether oxygens (including phenoxy) is 3. The molecule has 1 aromatic carbocycles. The summed E-state index contributed by atoms with van der Waals surface area (Å²) < 4.78 is 15.6. The summed E-state index contributed by atoms with van der Waals surface area (Å²) in [7, 11) is 4.65. The lowest BCUT2D eigenvalue weighted by molar-refractivity contribution is -0.138. The van der Waals surface area contributed by atoms with E-state index in [0.29, 0.717) is 23.7 Å². The van der Waals surface area contributed by atoms with Crippen molar-refractivity contribution >= 4 is 5.97 Å². The molecule has 1 rings (SSSR count). The van der Waals surface area contributed by atoms with E-state index in [-0.39, 0.29) is 6.42 Å². The number of aliphatic carboxylic acids is 1. The molecule has 0 saturated carbocycles. The van der Waals surface area contributed by atoms with Gasteiger partial charge in [-0.05, 0) is 17.7 Å². The number of carboxylic acids is 1. The van der Waals surface area contributed by atoms with Gasteiger partial charge in [0.1, 0.15) is 17.5 Å². The van der Waals surface area contributed by atoms with Crippen LogP contribution in [-0.4, -0.2) is 38.4 Å². The molecule has 6 nitrogen and oxygen atoms in total. The van der Waals surface area contributed by atoms with Crippen LogP contribution in [0.5, 0.6) is 11.5 Å². The Bertz CT molecular complexity index is 447. The van der Waals surface area contributed by atoms with Crippen LogP contribution in [-0.2, 0) is 22.6 Å². The van der Waals surface area contributed by atoms with Crippen molar-refractivity contribution in [1.29, 1.82) is 0 Å². The molecule has 19 heavy (non-hydrogen) atoms. The zero-order chi connectivity index (χ0) is 14.4. The minimum absolute atomic E-state index is 0.169. The van der Waals surface area contributed by atoms with Gasteiger partial charge in [0.15, 0.2) is 0 Å². The van der Waals surface area contributed by atoms with Crippen molar-refractivity contribution in [3.05, 3.63) is 23.3 Å². The zero-order valence-corrected chi connectivity index (χ0v) is 11.3. The summed E-state index contributed by atoms with van der Waals surface area (Å²) in [5.41, 5.74) is 7.06. The number of benzene rings is 1. The highest BCUT2D eigenvalue weighted by atomic mass is 16.5. The zero-order valence-electron chi connectivity index (χ0n) is 11.3. The molecule has 1 aromatic rings. The molecule has 3 N–H and O–H groups in total. The molecule has 6 heteroatoms. The number of methoxy groups -OCH3 is 3.